The van der Waals surface area contributed by atoms with Crippen LogP contribution in [0.25, 0.3) is 0 Å². The molecule has 0 amide bonds. The standard InChI is InChI=1S/C11H18N2S2/c1-8(2)12-5-6-13(9(3)4)10(12)7-11(14)15/h5-6,8-9H,7H2,1-4H3/p+1. The van der Waals surface area contributed by atoms with Crippen LogP contribution in [0.5, 0.6) is 0 Å². The van der Waals surface area contributed by atoms with E-state index in [1.165, 1.54) is 5.82 Å². The first-order valence-electron chi connectivity index (χ1n) is 5.26. The minimum absolute atomic E-state index is 0.461. The molecule has 2 nitrogen and oxygen atoms in total. The van der Waals surface area contributed by atoms with Gasteiger partial charge in [0.05, 0.1) is 22.7 Å². The molecule has 0 aliphatic heterocycles. The summed E-state index contributed by atoms with van der Waals surface area (Å²) in [6.07, 6.45) is 4.99. The lowest BCUT2D eigenvalue weighted by Gasteiger charge is -2.08. The second kappa shape index (κ2) is 5.12. The average Bonchev–Trinajstić information content (AvgIpc) is 2.46. The number of thiol groups is 1. The van der Waals surface area contributed by atoms with Crippen molar-refractivity contribution in [1.82, 2.24) is 4.57 Å². The number of nitrogens with zero attached hydrogens (tertiary/aromatic N) is 2. The molecule has 1 aromatic heterocycles. The van der Waals surface area contributed by atoms with Crippen LogP contribution in [0.2, 0.25) is 0 Å². The largest absolute Gasteiger partial charge is 0.262 e. The topological polar surface area (TPSA) is 8.81 Å². The van der Waals surface area contributed by atoms with Gasteiger partial charge in [0, 0.05) is 0 Å². The summed E-state index contributed by atoms with van der Waals surface area (Å²) >= 11 is 9.29. The number of hydrogen-bond acceptors (Lipinski definition) is 1. The van der Waals surface area contributed by atoms with E-state index in [1.54, 1.807) is 0 Å². The number of thiocarbonyl (C=S) groups is 1. The van der Waals surface area contributed by atoms with Gasteiger partial charge in [-0.1, -0.05) is 12.2 Å². The van der Waals surface area contributed by atoms with E-state index in [-0.39, 0.29) is 0 Å². The fourth-order valence-corrected chi connectivity index (χ4v) is 1.98. The van der Waals surface area contributed by atoms with Crippen molar-refractivity contribution in [2.75, 3.05) is 0 Å². The van der Waals surface area contributed by atoms with Crippen molar-refractivity contribution in [3.05, 3.63) is 18.2 Å². The van der Waals surface area contributed by atoms with E-state index < -0.39 is 0 Å². The van der Waals surface area contributed by atoms with Crippen LogP contribution in [0.1, 0.15) is 45.6 Å². The maximum absolute atomic E-state index is 5.07. The summed E-state index contributed by atoms with van der Waals surface area (Å²) in [5, 5.41) is 0. The highest BCUT2D eigenvalue weighted by Crippen LogP contribution is 2.11. The molecular formula is C11H19N2S2+. The summed E-state index contributed by atoms with van der Waals surface area (Å²) in [5.41, 5.74) is 0. The van der Waals surface area contributed by atoms with Gasteiger partial charge in [-0.2, -0.15) is 0 Å². The molecule has 1 rings (SSSR count). The zero-order chi connectivity index (χ0) is 11.6. The Bertz CT molecular complexity index is 328. The third-order valence-corrected chi connectivity index (χ3v) is 2.71. The van der Waals surface area contributed by atoms with E-state index >= 15 is 0 Å². The van der Waals surface area contributed by atoms with Crippen molar-refractivity contribution in [2.45, 2.75) is 46.2 Å². The van der Waals surface area contributed by atoms with Gasteiger partial charge in [0.25, 0.3) is 5.82 Å². The third-order valence-electron chi connectivity index (χ3n) is 2.41. The second-order valence-electron chi connectivity index (χ2n) is 4.29. The van der Waals surface area contributed by atoms with Gasteiger partial charge in [-0.3, -0.25) is 0 Å². The Morgan fingerprint density at radius 1 is 1.47 bits per heavy atom. The van der Waals surface area contributed by atoms with Crippen LogP contribution < -0.4 is 4.57 Å². The summed E-state index contributed by atoms with van der Waals surface area (Å²) < 4.78 is 5.25. The summed E-state index contributed by atoms with van der Waals surface area (Å²) in [6, 6.07) is 0.922. The predicted octanol–water partition coefficient (Wildman–Crippen LogP) is 2.74. The average molecular weight is 243 g/mol. The maximum atomic E-state index is 5.07. The van der Waals surface area contributed by atoms with Gasteiger partial charge < -0.3 is 0 Å². The molecule has 1 heterocycles. The Kier molecular flexibility index (Phi) is 4.34. The first kappa shape index (κ1) is 12.7. The fourth-order valence-electron chi connectivity index (χ4n) is 1.71. The molecule has 0 saturated carbocycles. The van der Waals surface area contributed by atoms with Gasteiger partial charge in [-0.15, -0.1) is 12.6 Å². The van der Waals surface area contributed by atoms with Crippen molar-refractivity contribution in [3.8, 4) is 0 Å². The Labute approximate surface area is 103 Å². The molecule has 0 fully saturated rings. The van der Waals surface area contributed by atoms with E-state index in [0.29, 0.717) is 12.1 Å². The lowest BCUT2D eigenvalue weighted by molar-refractivity contribution is -0.722. The molecule has 0 spiro atoms. The molecule has 15 heavy (non-hydrogen) atoms. The van der Waals surface area contributed by atoms with Crippen LogP contribution >= 0.6 is 24.8 Å². The SMILES string of the molecule is CC(C)n1cc[n+](C(C)C)c1CC(=S)S. The zero-order valence-corrected chi connectivity index (χ0v) is 11.5. The van der Waals surface area contributed by atoms with Crippen LogP contribution in [-0.4, -0.2) is 8.76 Å². The van der Waals surface area contributed by atoms with E-state index in [9.17, 15) is 0 Å². The molecule has 1 aromatic rings. The summed E-state index contributed by atoms with van der Waals surface area (Å²) in [4.78, 5) is 0. The summed E-state index contributed by atoms with van der Waals surface area (Å²) in [7, 11) is 0. The molecule has 84 valence electrons. The highest BCUT2D eigenvalue weighted by molar-refractivity contribution is 8.11. The summed E-state index contributed by atoms with van der Waals surface area (Å²) in [6.45, 7) is 8.71. The first-order chi connectivity index (χ1) is 6.93. The molecule has 0 aliphatic carbocycles. The molecular weight excluding hydrogens is 224 g/mol. The van der Waals surface area contributed by atoms with E-state index in [1.807, 2.05) is 0 Å². The van der Waals surface area contributed by atoms with Gasteiger partial charge >= 0.3 is 0 Å². The Balaban J connectivity index is 3.14. The van der Waals surface area contributed by atoms with Gasteiger partial charge in [-0.25, -0.2) is 9.13 Å². The smallest absolute Gasteiger partial charge is 0.232 e. The number of rotatable bonds is 4. The lowest BCUT2D eigenvalue weighted by Crippen LogP contribution is -2.40. The van der Waals surface area contributed by atoms with E-state index in [0.717, 1.165) is 10.6 Å². The minimum Gasteiger partial charge on any atom is -0.232 e. The van der Waals surface area contributed by atoms with E-state index in [2.05, 4.69) is 61.9 Å². The predicted molar refractivity (Wildman–Crippen MR) is 70.7 cm³/mol. The van der Waals surface area contributed by atoms with Gasteiger partial charge in [-0.05, 0) is 27.7 Å². The monoisotopic (exact) mass is 243 g/mol. The molecule has 0 atom stereocenters. The molecule has 0 radical (unpaired) electrons. The van der Waals surface area contributed by atoms with Gasteiger partial charge in [0.1, 0.15) is 12.4 Å². The first-order valence-corrected chi connectivity index (χ1v) is 6.11. The van der Waals surface area contributed by atoms with Crippen molar-refractivity contribution in [3.63, 3.8) is 0 Å². The molecule has 0 unspecified atom stereocenters. The van der Waals surface area contributed by atoms with Crippen LogP contribution in [0.4, 0.5) is 0 Å². The van der Waals surface area contributed by atoms with Crippen LogP contribution in [0, 0.1) is 0 Å². The Hall–Kier alpha value is -0.350. The Morgan fingerprint density at radius 3 is 2.47 bits per heavy atom. The number of imidazole rings is 1. The van der Waals surface area contributed by atoms with Crippen molar-refractivity contribution >= 4 is 29.0 Å². The zero-order valence-electron chi connectivity index (χ0n) is 9.77. The van der Waals surface area contributed by atoms with Crippen LogP contribution in [-0.2, 0) is 6.42 Å². The molecule has 4 heteroatoms. The molecule has 0 bridgehead atoms. The number of hydrogen-bond donors (Lipinski definition) is 1. The van der Waals surface area contributed by atoms with Crippen LogP contribution in [0.15, 0.2) is 12.4 Å². The van der Waals surface area contributed by atoms with Crippen molar-refractivity contribution in [1.29, 1.82) is 0 Å². The second-order valence-corrected chi connectivity index (χ2v) is 5.62. The molecule has 0 aromatic carbocycles. The molecule has 0 saturated heterocycles. The van der Waals surface area contributed by atoms with Gasteiger partial charge in [0.2, 0.25) is 0 Å². The lowest BCUT2D eigenvalue weighted by atomic mass is 10.3. The minimum atomic E-state index is 0.461. The maximum Gasteiger partial charge on any atom is 0.262 e. The van der Waals surface area contributed by atoms with Crippen LogP contribution in [0.3, 0.4) is 0 Å². The van der Waals surface area contributed by atoms with Crippen molar-refractivity contribution in [2.24, 2.45) is 0 Å². The number of aromatic nitrogens is 2. The normalized spacial score (nSPS) is 11.4. The highest BCUT2D eigenvalue weighted by Gasteiger charge is 2.21. The quantitative estimate of drug-likeness (QED) is 0.486. The molecule has 0 N–H and O–H groups in total. The fraction of sp³-hybridized carbons (Fsp3) is 0.636. The highest BCUT2D eigenvalue weighted by atomic mass is 32.1. The molecule has 0 aliphatic rings. The summed E-state index contributed by atoms with van der Waals surface area (Å²) in [5.74, 6) is 1.24. The Morgan fingerprint density at radius 2 is 2.07 bits per heavy atom. The van der Waals surface area contributed by atoms with Gasteiger partial charge in [0.15, 0.2) is 0 Å². The van der Waals surface area contributed by atoms with E-state index in [4.69, 9.17) is 12.2 Å². The third kappa shape index (κ3) is 3.05. The van der Waals surface area contributed by atoms with Crippen molar-refractivity contribution < 1.29 is 4.57 Å².